The molecule has 1 aromatic heterocycles. The average molecular weight is 181 g/mol. The normalized spacial score (nSPS) is 12.4. The van der Waals surface area contributed by atoms with Gasteiger partial charge >= 0.3 is 5.97 Å². The van der Waals surface area contributed by atoms with Gasteiger partial charge in [0, 0.05) is 17.8 Å². The van der Waals surface area contributed by atoms with Gasteiger partial charge in [-0.3, -0.25) is 4.79 Å². The van der Waals surface area contributed by atoms with E-state index in [1.165, 1.54) is 6.20 Å². The highest BCUT2D eigenvalue weighted by Gasteiger charge is 2.13. The van der Waals surface area contributed by atoms with Crippen LogP contribution < -0.4 is 11.5 Å². The second-order valence-electron chi connectivity index (χ2n) is 2.68. The fourth-order valence-electron chi connectivity index (χ4n) is 1.04. The van der Waals surface area contributed by atoms with Gasteiger partial charge < -0.3 is 16.6 Å². The first-order valence-corrected chi connectivity index (χ1v) is 3.79. The first kappa shape index (κ1) is 9.47. The first-order valence-electron chi connectivity index (χ1n) is 3.79. The number of rotatable bonds is 3. The van der Waals surface area contributed by atoms with Crippen LogP contribution in [0.2, 0.25) is 0 Å². The summed E-state index contributed by atoms with van der Waals surface area (Å²) in [4.78, 5) is 14.2. The summed E-state index contributed by atoms with van der Waals surface area (Å²) in [6.45, 7) is 0. The highest BCUT2D eigenvalue weighted by molar-refractivity contribution is 5.68. The topological polar surface area (TPSA) is 102 Å². The monoisotopic (exact) mass is 181 g/mol. The number of nitrogen functional groups attached to an aromatic ring is 1. The molecule has 1 rings (SSSR count). The highest BCUT2D eigenvalue weighted by atomic mass is 16.4. The summed E-state index contributed by atoms with van der Waals surface area (Å²) >= 11 is 0. The molecule has 0 saturated carbocycles. The molecule has 0 fully saturated rings. The van der Waals surface area contributed by atoms with Crippen LogP contribution in [0.15, 0.2) is 18.3 Å². The summed E-state index contributed by atoms with van der Waals surface area (Å²) in [6, 6.07) is 2.76. The van der Waals surface area contributed by atoms with Crippen molar-refractivity contribution in [3.05, 3.63) is 23.9 Å². The molecule has 1 unspecified atom stereocenters. The van der Waals surface area contributed by atoms with E-state index in [1.807, 2.05) is 0 Å². The van der Waals surface area contributed by atoms with Crippen LogP contribution in [0.4, 0.5) is 5.82 Å². The molecule has 1 aromatic rings. The van der Waals surface area contributed by atoms with E-state index in [0.717, 1.165) is 0 Å². The van der Waals surface area contributed by atoms with Crippen LogP contribution in [-0.2, 0) is 4.79 Å². The summed E-state index contributed by atoms with van der Waals surface area (Å²) in [6.07, 6.45) is 1.39. The summed E-state index contributed by atoms with van der Waals surface area (Å²) in [5, 5.41) is 8.49. The van der Waals surface area contributed by atoms with E-state index in [2.05, 4.69) is 4.98 Å². The summed E-state index contributed by atoms with van der Waals surface area (Å²) in [5.41, 5.74) is 11.7. The van der Waals surface area contributed by atoms with Crippen molar-refractivity contribution in [3.63, 3.8) is 0 Å². The van der Waals surface area contributed by atoms with Gasteiger partial charge in [0.2, 0.25) is 0 Å². The Morgan fingerprint density at radius 2 is 2.38 bits per heavy atom. The number of aromatic nitrogens is 1. The molecule has 5 N–H and O–H groups in total. The van der Waals surface area contributed by atoms with Crippen molar-refractivity contribution in [1.29, 1.82) is 0 Å². The van der Waals surface area contributed by atoms with Crippen molar-refractivity contribution in [2.24, 2.45) is 5.73 Å². The van der Waals surface area contributed by atoms with Crippen molar-refractivity contribution in [1.82, 2.24) is 4.98 Å². The van der Waals surface area contributed by atoms with Gasteiger partial charge in [0.05, 0.1) is 6.42 Å². The van der Waals surface area contributed by atoms with Crippen molar-refractivity contribution in [2.75, 3.05) is 5.73 Å². The second kappa shape index (κ2) is 3.86. The van der Waals surface area contributed by atoms with Gasteiger partial charge in [-0.15, -0.1) is 0 Å². The van der Waals surface area contributed by atoms with Gasteiger partial charge in [0.1, 0.15) is 5.82 Å². The molecular formula is C8H11N3O2. The van der Waals surface area contributed by atoms with Gasteiger partial charge in [-0.2, -0.15) is 0 Å². The van der Waals surface area contributed by atoms with Gasteiger partial charge in [-0.05, 0) is 6.07 Å². The SMILES string of the molecule is Nc1ncccc1C(N)CC(=O)O. The largest absolute Gasteiger partial charge is 0.481 e. The third-order valence-corrected chi connectivity index (χ3v) is 1.67. The standard InChI is InChI=1S/C8H11N3O2/c9-6(4-7(12)13)5-2-1-3-11-8(5)10/h1-3,6H,4,9H2,(H2,10,11)(H,12,13). The van der Waals surface area contributed by atoms with Crippen LogP contribution in [-0.4, -0.2) is 16.1 Å². The first-order chi connectivity index (χ1) is 6.11. The minimum absolute atomic E-state index is 0.143. The number of pyridine rings is 1. The molecule has 0 amide bonds. The molecule has 0 spiro atoms. The van der Waals surface area contributed by atoms with E-state index >= 15 is 0 Å². The molecule has 0 saturated heterocycles. The van der Waals surface area contributed by atoms with Crippen LogP contribution in [0, 0.1) is 0 Å². The Kier molecular flexibility index (Phi) is 2.81. The zero-order valence-corrected chi connectivity index (χ0v) is 6.97. The Hall–Kier alpha value is -1.62. The fourth-order valence-corrected chi connectivity index (χ4v) is 1.04. The molecule has 1 heterocycles. The lowest BCUT2D eigenvalue weighted by molar-refractivity contribution is -0.137. The van der Waals surface area contributed by atoms with E-state index in [4.69, 9.17) is 16.6 Å². The van der Waals surface area contributed by atoms with Crippen LogP contribution in [0.3, 0.4) is 0 Å². The Bertz CT molecular complexity index is 314. The predicted molar refractivity (Wildman–Crippen MR) is 47.8 cm³/mol. The number of aliphatic carboxylic acids is 1. The maximum absolute atomic E-state index is 10.4. The molecule has 13 heavy (non-hydrogen) atoms. The predicted octanol–water partition coefficient (Wildman–Crippen LogP) is 0.138. The summed E-state index contributed by atoms with van der Waals surface area (Å²) < 4.78 is 0. The molecule has 1 atom stereocenters. The Morgan fingerprint density at radius 1 is 1.69 bits per heavy atom. The lowest BCUT2D eigenvalue weighted by Crippen LogP contribution is -2.16. The van der Waals surface area contributed by atoms with Crippen LogP contribution in [0.1, 0.15) is 18.0 Å². The molecule has 0 radical (unpaired) electrons. The zero-order valence-electron chi connectivity index (χ0n) is 6.97. The lowest BCUT2D eigenvalue weighted by Gasteiger charge is -2.10. The van der Waals surface area contributed by atoms with Gasteiger partial charge in [0.15, 0.2) is 0 Å². The molecule has 70 valence electrons. The molecule has 5 heteroatoms. The van der Waals surface area contributed by atoms with Crippen LogP contribution in [0.25, 0.3) is 0 Å². The highest BCUT2D eigenvalue weighted by Crippen LogP contribution is 2.17. The zero-order chi connectivity index (χ0) is 9.84. The minimum Gasteiger partial charge on any atom is -0.481 e. The number of hydrogen-bond donors (Lipinski definition) is 3. The van der Waals surface area contributed by atoms with E-state index in [9.17, 15) is 4.79 Å². The van der Waals surface area contributed by atoms with Crippen molar-refractivity contribution < 1.29 is 9.90 Å². The van der Waals surface area contributed by atoms with E-state index in [-0.39, 0.29) is 12.2 Å². The maximum Gasteiger partial charge on any atom is 0.305 e. The quantitative estimate of drug-likeness (QED) is 0.615. The molecule has 0 aliphatic rings. The minimum atomic E-state index is -0.948. The number of nitrogens with two attached hydrogens (primary N) is 2. The molecular weight excluding hydrogens is 170 g/mol. The van der Waals surface area contributed by atoms with E-state index < -0.39 is 12.0 Å². The van der Waals surface area contributed by atoms with Gasteiger partial charge in [-0.1, -0.05) is 6.07 Å². The van der Waals surface area contributed by atoms with Crippen LogP contribution in [0.5, 0.6) is 0 Å². The van der Waals surface area contributed by atoms with E-state index in [0.29, 0.717) is 5.56 Å². The number of hydrogen-bond acceptors (Lipinski definition) is 4. The lowest BCUT2D eigenvalue weighted by atomic mass is 10.1. The average Bonchev–Trinajstić information content (AvgIpc) is 2.03. The molecule has 0 aliphatic carbocycles. The van der Waals surface area contributed by atoms with Crippen molar-refractivity contribution in [2.45, 2.75) is 12.5 Å². The molecule has 0 aromatic carbocycles. The third kappa shape index (κ3) is 2.41. The molecule has 0 bridgehead atoms. The maximum atomic E-state index is 10.4. The number of carboxylic acids is 1. The van der Waals surface area contributed by atoms with Gasteiger partial charge in [-0.25, -0.2) is 4.98 Å². The van der Waals surface area contributed by atoms with Crippen molar-refractivity contribution in [3.8, 4) is 0 Å². The Balaban J connectivity index is 2.82. The van der Waals surface area contributed by atoms with Crippen molar-refractivity contribution >= 4 is 11.8 Å². The number of carboxylic acid groups (broad SMARTS) is 1. The summed E-state index contributed by atoms with van der Waals surface area (Å²) in [5.74, 6) is -0.660. The Labute approximate surface area is 75.4 Å². The summed E-state index contributed by atoms with van der Waals surface area (Å²) in [7, 11) is 0. The smallest absolute Gasteiger partial charge is 0.305 e. The third-order valence-electron chi connectivity index (χ3n) is 1.67. The number of anilines is 1. The Morgan fingerprint density at radius 3 is 2.92 bits per heavy atom. The molecule has 0 aliphatic heterocycles. The number of carbonyl (C=O) groups is 1. The van der Waals surface area contributed by atoms with E-state index in [1.54, 1.807) is 12.1 Å². The second-order valence-corrected chi connectivity index (χ2v) is 2.68. The fraction of sp³-hybridized carbons (Fsp3) is 0.250. The van der Waals surface area contributed by atoms with Crippen LogP contribution >= 0.6 is 0 Å². The number of nitrogens with zero attached hydrogens (tertiary/aromatic N) is 1. The molecule has 5 nitrogen and oxygen atoms in total. The van der Waals surface area contributed by atoms with Gasteiger partial charge in [0.25, 0.3) is 0 Å².